The van der Waals surface area contributed by atoms with Gasteiger partial charge in [-0.25, -0.2) is 0 Å². The Hall–Kier alpha value is -2.68. The van der Waals surface area contributed by atoms with Gasteiger partial charge in [0.1, 0.15) is 5.69 Å². The lowest BCUT2D eigenvalue weighted by Crippen LogP contribution is -2.45. The van der Waals surface area contributed by atoms with Crippen LogP contribution in [-0.2, 0) is 9.53 Å². The molecule has 24 heavy (non-hydrogen) atoms. The number of aliphatic carboxylic acids is 1. The summed E-state index contributed by atoms with van der Waals surface area (Å²) in [6.45, 7) is 0.898. The number of rotatable bonds is 3. The number of ether oxygens (including phenoxy) is 1. The fourth-order valence-electron chi connectivity index (χ4n) is 3.52. The number of nitrogen functional groups attached to an aromatic ring is 1. The Morgan fingerprint density at radius 2 is 2.21 bits per heavy atom. The summed E-state index contributed by atoms with van der Waals surface area (Å²) < 4.78 is 5.35. The molecule has 0 saturated carbocycles. The highest BCUT2D eigenvalue weighted by atomic mass is 16.6. The van der Waals surface area contributed by atoms with Gasteiger partial charge in [0.05, 0.1) is 22.5 Å². The zero-order chi connectivity index (χ0) is 17.5. The van der Waals surface area contributed by atoms with E-state index in [1.54, 1.807) is 0 Å². The molecule has 0 aromatic heterocycles. The zero-order valence-corrected chi connectivity index (χ0v) is 12.8. The van der Waals surface area contributed by atoms with Crippen LogP contribution in [0.3, 0.4) is 0 Å². The van der Waals surface area contributed by atoms with E-state index in [0.717, 1.165) is 0 Å². The fraction of sp³-hybridized carbons (Fsp3) is 0.467. The van der Waals surface area contributed by atoms with Crippen LogP contribution in [0.4, 0.5) is 11.4 Å². The van der Waals surface area contributed by atoms with Crippen molar-refractivity contribution in [3.63, 3.8) is 0 Å². The topological polar surface area (TPSA) is 136 Å². The quantitative estimate of drug-likeness (QED) is 0.472. The van der Waals surface area contributed by atoms with Crippen molar-refractivity contribution in [1.82, 2.24) is 4.90 Å². The molecule has 0 spiro atoms. The first-order chi connectivity index (χ1) is 11.4. The van der Waals surface area contributed by atoms with Gasteiger partial charge >= 0.3 is 5.97 Å². The minimum Gasteiger partial charge on any atom is -0.481 e. The summed E-state index contributed by atoms with van der Waals surface area (Å²) >= 11 is 0. The second kappa shape index (κ2) is 5.75. The van der Waals surface area contributed by atoms with E-state index in [-0.39, 0.29) is 42.6 Å². The SMILES string of the molecule is Nc1c(C(=O)N2C[C@H]3COCC[C@@]3(C(=O)O)C2)cccc1[N+](=O)[O-]. The van der Waals surface area contributed by atoms with Crippen LogP contribution in [0, 0.1) is 21.4 Å². The van der Waals surface area contributed by atoms with Gasteiger partial charge in [0.25, 0.3) is 11.6 Å². The van der Waals surface area contributed by atoms with E-state index in [9.17, 15) is 24.8 Å². The Labute approximate surface area is 137 Å². The van der Waals surface area contributed by atoms with Crippen molar-refractivity contribution in [1.29, 1.82) is 0 Å². The molecule has 3 rings (SSSR count). The van der Waals surface area contributed by atoms with E-state index in [4.69, 9.17) is 10.5 Å². The number of para-hydroxylation sites is 1. The standard InChI is InChI=1S/C15H17N3O6/c16-12-10(2-1-3-11(12)18(22)23)13(19)17-6-9-7-24-5-4-15(9,8-17)14(20)21/h1-3,9H,4-8,16H2,(H,20,21)/t9-,15+/m0/s1. The molecule has 0 unspecified atom stereocenters. The van der Waals surface area contributed by atoms with Gasteiger partial charge in [-0.3, -0.25) is 19.7 Å². The minimum atomic E-state index is -1.02. The molecule has 2 fully saturated rings. The van der Waals surface area contributed by atoms with E-state index >= 15 is 0 Å². The average molecular weight is 335 g/mol. The van der Waals surface area contributed by atoms with Crippen LogP contribution in [0.15, 0.2) is 18.2 Å². The number of amides is 1. The number of carboxylic acid groups (broad SMARTS) is 1. The Kier molecular flexibility index (Phi) is 3.88. The predicted molar refractivity (Wildman–Crippen MR) is 82.4 cm³/mol. The molecule has 2 heterocycles. The van der Waals surface area contributed by atoms with Crippen molar-refractivity contribution in [3.8, 4) is 0 Å². The molecule has 9 nitrogen and oxygen atoms in total. The number of hydrogen-bond acceptors (Lipinski definition) is 6. The summed E-state index contributed by atoms with van der Waals surface area (Å²) in [5.74, 6) is -1.74. The lowest BCUT2D eigenvalue weighted by atomic mass is 9.74. The number of nitrogens with zero attached hydrogens (tertiary/aromatic N) is 2. The van der Waals surface area contributed by atoms with Crippen molar-refractivity contribution in [2.24, 2.45) is 11.3 Å². The molecule has 2 aliphatic rings. The number of anilines is 1. The first-order valence-electron chi connectivity index (χ1n) is 7.50. The third kappa shape index (κ3) is 2.37. The van der Waals surface area contributed by atoms with Crippen LogP contribution < -0.4 is 5.73 Å². The van der Waals surface area contributed by atoms with E-state index in [1.807, 2.05) is 0 Å². The molecule has 2 saturated heterocycles. The van der Waals surface area contributed by atoms with Gasteiger partial charge in [-0.1, -0.05) is 6.07 Å². The maximum Gasteiger partial charge on any atom is 0.311 e. The molecule has 1 aromatic carbocycles. The van der Waals surface area contributed by atoms with Crippen LogP contribution in [0.1, 0.15) is 16.8 Å². The molecule has 2 aliphatic heterocycles. The van der Waals surface area contributed by atoms with Crippen molar-refractivity contribution in [3.05, 3.63) is 33.9 Å². The van der Waals surface area contributed by atoms with Gasteiger partial charge in [0.2, 0.25) is 0 Å². The van der Waals surface area contributed by atoms with Crippen molar-refractivity contribution >= 4 is 23.3 Å². The average Bonchev–Trinajstić information content (AvgIpc) is 2.95. The number of carbonyl (C=O) groups is 2. The number of carbonyl (C=O) groups excluding carboxylic acids is 1. The molecule has 1 amide bonds. The highest BCUT2D eigenvalue weighted by Gasteiger charge is 2.55. The Balaban J connectivity index is 1.91. The van der Waals surface area contributed by atoms with Crippen LogP contribution in [-0.4, -0.2) is 53.1 Å². The fourth-order valence-corrected chi connectivity index (χ4v) is 3.52. The van der Waals surface area contributed by atoms with Crippen LogP contribution >= 0.6 is 0 Å². The maximum atomic E-state index is 12.7. The monoisotopic (exact) mass is 335 g/mol. The highest BCUT2D eigenvalue weighted by Crippen LogP contribution is 2.43. The van der Waals surface area contributed by atoms with E-state index in [1.165, 1.54) is 23.1 Å². The molecular weight excluding hydrogens is 318 g/mol. The number of nitro groups is 1. The number of fused-ring (bicyclic) bond motifs is 1. The van der Waals surface area contributed by atoms with E-state index in [2.05, 4.69) is 0 Å². The zero-order valence-electron chi connectivity index (χ0n) is 12.8. The van der Waals surface area contributed by atoms with Gasteiger partial charge < -0.3 is 20.5 Å². The van der Waals surface area contributed by atoms with Gasteiger partial charge in [0.15, 0.2) is 0 Å². The predicted octanol–water partition coefficient (Wildman–Crippen LogP) is 0.740. The van der Waals surface area contributed by atoms with Crippen molar-refractivity contribution in [2.45, 2.75) is 6.42 Å². The molecule has 3 N–H and O–H groups in total. The first kappa shape index (κ1) is 16.2. The highest BCUT2D eigenvalue weighted by molar-refractivity contribution is 6.01. The maximum absolute atomic E-state index is 12.7. The third-order valence-corrected chi connectivity index (χ3v) is 4.93. The molecule has 0 radical (unpaired) electrons. The van der Waals surface area contributed by atoms with Gasteiger partial charge in [-0.05, 0) is 12.5 Å². The van der Waals surface area contributed by atoms with Crippen LogP contribution in [0.25, 0.3) is 0 Å². The van der Waals surface area contributed by atoms with E-state index < -0.39 is 22.2 Å². The molecule has 0 aliphatic carbocycles. The Bertz CT molecular complexity index is 721. The summed E-state index contributed by atoms with van der Waals surface area (Å²) in [6, 6.07) is 4.03. The number of carboxylic acids is 1. The third-order valence-electron chi connectivity index (χ3n) is 4.93. The van der Waals surface area contributed by atoms with Crippen molar-refractivity contribution in [2.75, 3.05) is 32.0 Å². The molecule has 1 aromatic rings. The summed E-state index contributed by atoms with van der Waals surface area (Å²) in [5, 5.41) is 20.6. The summed E-state index contributed by atoms with van der Waals surface area (Å²) in [4.78, 5) is 36.2. The minimum absolute atomic E-state index is 0.0179. The van der Waals surface area contributed by atoms with Crippen LogP contribution in [0.2, 0.25) is 0 Å². The molecule has 128 valence electrons. The van der Waals surface area contributed by atoms with Crippen molar-refractivity contribution < 1.29 is 24.4 Å². The van der Waals surface area contributed by atoms with Gasteiger partial charge in [-0.2, -0.15) is 0 Å². The van der Waals surface area contributed by atoms with Crippen LogP contribution in [0.5, 0.6) is 0 Å². The summed E-state index contributed by atoms with van der Waals surface area (Å²) in [6.07, 6.45) is 0.335. The number of hydrogen-bond donors (Lipinski definition) is 2. The summed E-state index contributed by atoms with van der Waals surface area (Å²) in [5.41, 5.74) is 4.21. The number of benzene rings is 1. The summed E-state index contributed by atoms with van der Waals surface area (Å²) in [7, 11) is 0. The molecule has 2 atom stereocenters. The second-order valence-corrected chi connectivity index (χ2v) is 6.16. The Morgan fingerprint density at radius 1 is 1.46 bits per heavy atom. The number of nitrogens with two attached hydrogens (primary N) is 1. The van der Waals surface area contributed by atoms with Gasteiger partial charge in [-0.15, -0.1) is 0 Å². The molecular formula is C15H17N3O6. The normalized spacial score (nSPS) is 26.0. The first-order valence-corrected chi connectivity index (χ1v) is 7.50. The van der Waals surface area contributed by atoms with E-state index in [0.29, 0.717) is 13.0 Å². The van der Waals surface area contributed by atoms with Gasteiger partial charge in [0, 0.05) is 31.7 Å². The Morgan fingerprint density at radius 3 is 2.83 bits per heavy atom. The largest absolute Gasteiger partial charge is 0.481 e. The number of likely N-dealkylation sites (tertiary alicyclic amines) is 1. The lowest BCUT2D eigenvalue weighted by molar-refractivity contribution is -0.383. The smallest absolute Gasteiger partial charge is 0.311 e. The second-order valence-electron chi connectivity index (χ2n) is 6.16. The molecule has 9 heteroatoms. The molecule has 0 bridgehead atoms. The number of nitro benzene ring substituents is 1. The lowest BCUT2D eigenvalue weighted by Gasteiger charge is -2.33.